The third kappa shape index (κ3) is 3.86. The van der Waals surface area contributed by atoms with Crippen molar-refractivity contribution in [1.82, 2.24) is 9.29 Å². The van der Waals surface area contributed by atoms with E-state index in [2.05, 4.69) is 11.1 Å². The summed E-state index contributed by atoms with van der Waals surface area (Å²) in [5.74, 6) is -0.560. The van der Waals surface area contributed by atoms with Gasteiger partial charge in [-0.3, -0.25) is 4.79 Å². The molecular weight excluding hydrogens is 402 g/mol. The highest BCUT2D eigenvalue weighted by atomic mass is 32.2. The Morgan fingerprint density at radius 2 is 1.83 bits per heavy atom. The number of primary amides is 1. The molecule has 4 rings (SSSR count). The zero-order valence-corrected chi connectivity index (χ0v) is 17.4. The molecule has 4 N–H and O–H groups in total. The molecule has 0 aliphatic carbocycles. The molecule has 8 heteroatoms. The number of carbonyl (C=O) groups excluding carboxylic acids is 1. The Balaban J connectivity index is 1.69. The van der Waals surface area contributed by atoms with E-state index < -0.39 is 15.9 Å². The van der Waals surface area contributed by atoms with Crippen molar-refractivity contribution < 1.29 is 18.3 Å². The van der Waals surface area contributed by atoms with Gasteiger partial charge in [0.15, 0.2) is 0 Å². The molecule has 1 fully saturated rings. The molecule has 0 saturated carbocycles. The number of aliphatic hydroxyl groups excluding tert-OH is 1. The van der Waals surface area contributed by atoms with E-state index >= 15 is 0 Å². The number of nitrogens with one attached hydrogen (secondary N) is 1. The number of benzene rings is 2. The van der Waals surface area contributed by atoms with Gasteiger partial charge in [0.25, 0.3) is 5.91 Å². The van der Waals surface area contributed by atoms with Gasteiger partial charge in [-0.15, -0.1) is 0 Å². The minimum atomic E-state index is -3.41. The summed E-state index contributed by atoms with van der Waals surface area (Å²) in [6, 6.07) is 13.7. The van der Waals surface area contributed by atoms with Crippen molar-refractivity contribution in [3.05, 3.63) is 59.8 Å². The van der Waals surface area contributed by atoms with Gasteiger partial charge in [-0.2, -0.15) is 0 Å². The number of sulfonamides is 1. The smallest absolute Gasteiger partial charge is 0.250 e. The SMILES string of the molecule is NC(=O)c1cc(-c2ccccc2)cc2c(C3CCN(S(=O)(=O)CCO)CC3)c[nH]c12. The van der Waals surface area contributed by atoms with E-state index in [0.717, 1.165) is 22.1 Å². The molecule has 2 heterocycles. The molecule has 0 spiro atoms. The van der Waals surface area contributed by atoms with Crippen molar-refractivity contribution >= 4 is 26.8 Å². The predicted molar refractivity (Wildman–Crippen MR) is 117 cm³/mol. The van der Waals surface area contributed by atoms with Crippen LogP contribution in [-0.4, -0.2) is 54.2 Å². The lowest BCUT2D eigenvalue weighted by Gasteiger charge is -2.31. The fourth-order valence-electron chi connectivity index (χ4n) is 4.27. The molecule has 30 heavy (non-hydrogen) atoms. The lowest BCUT2D eigenvalue weighted by molar-refractivity contribution is 0.100. The van der Waals surface area contributed by atoms with Crippen LogP contribution >= 0.6 is 0 Å². The Hall–Kier alpha value is -2.68. The van der Waals surface area contributed by atoms with Crippen LogP contribution in [0.4, 0.5) is 0 Å². The van der Waals surface area contributed by atoms with Gasteiger partial charge >= 0.3 is 0 Å². The van der Waals surface area contributed by atoms with Gasteiger partial charge in [0, 0.05) is 24.7 Å². The minimum absolute atomic E-state index is 0.172. The highest BCUT2D eigenvalue weighted by Gasteiger charge is 2.29. The van der Waals surface area contributed by atoms with E-state index in [-0.39, 0.29) is 18.3 Å². The maximum absolute atomic E-state index is 12.2. The maximum atomic E-state index is 12.2. The first kappa shape index (κ1) is 20.6. The molecule has 1 aliphatic heterocycles. The molecule has 0 unspecified atom stereocenters. The second-order valence-corrected chi connectivity index (χ2v) is 9.72. The van der Waals surface area contributed by atoms with Crippen LogP contribution in [0.25, 0.3) is 22.0 Å². The molecule has 3 aromatic rings. The molecule has 0 bridgehead atoms. The van der Waals surface area contributed by atoms with Crippen LogP contribution in [0.15, 0.2) is 48.7 Å². The Morgan fingerprint density at radius 3 is 2.47 bits per heavy atom. The molecule has 1 amide bonds. The number of carbonyl (C=O) groups is 1. The Kier molecular flexibility index (Phi) is 5.64. The van der Waals surface area contributed by atoms with E-state index in [1.54, 1.807) is 0 Å². The van der Waals surface area contributed by atoms with E-state index in [9.17, 15) is 13.2 Å². The zero-order valence-electron chi connectivity index (χ0n) is 16.5. The first-order valence-corrected chi connectivity index (χ1v) is 11.6. The van der Waals surface area contributed by atoms with Gasteiger partial charge < -0.3 is 15.8 Å². The molecule has 1 saturated heterocycles. The Morgan fingerprint density at radius 1 is 1.13 bits per heavy atom. The van der Waals surface area contributed by atoms with Crippen molar-refractivity contribution in [3.8, 4) is 11.1 Å². The number of nitrogens with zero attached hydrogens (tertiary/aromatic N) is 1. The minimum Gasteiger partial charge on any atom is -0.395 e. The molecule has 158 valence electrons. The summed E-state index contributed by atoms with van der Waals surface area (Å²) in [4.78, 5) is 15.3. The van der Waals surface area contributed by atoms with E-state index in [4.69, 9.17) is 10.8 Å². The third-order valence-corrected chi connectivity index (χ3v) is 7.68. The summed E-state index contributed by atoms with van der Waals surface area (Å²) in [6.07, 6.45) is 3.27. The quantitative estimate of drug-likeness (QED) is 0.560. The second-order valence-electron chi connectivity index (χ2n) is 7.63. The van der Waals surface area contributed by atoms with Crippen molar-refractivity contribution in [2.24, 2.45) is 5.73 Å². The van der Waals surface area contributed by atoms with E-state index in [1.165, 1.54) is 4.31 Å². The van der Waals surface area contributed by atoms with Crippen LogP contribution in [0, 0.1) is 0 Å². The van der Waals surface area contributed by atoms with Crippen LogP contribution in [0.1, 0.15) is 34.7 Å². The van der Waals surface area contributed by atoms with Gasteiger partial charge in [-0.05, 0) is 47.6 Å². The number of fused-ring (bicyclic) bond motifs is 1. The fourth-order valence-corrected chi connectivity index (χ4v) is 5.53. The summed E-state index contributed by atoms with van der Waals surface area (Å²) in [5, 5.41) is 9.94. The summed E-state index contributed by atoms with van der Waals surface area (Å²) >= 11 is 0. The van der Waals surface area contributed by atoms with Crippen molar-refractivity contribution in [2.75, 3.05) is 25.4 Å². The molecule has 1 aromatic heterocycles. The molecule has 0 radical (unpaired) electrons. The number of aliphatic hydroxyl groups is 1. The number of rotatable bonds is 6. The van der Waals surface area contributed by atoms with Crippen molar-refractivity contribution in [3.63, 3.8) is 0 Å². The summed E-state index contributed by atoms with van der Waals surface area (Å²) in [7, 11) is -3.41. The lowest BCUT2D eigenvalue weighted by atomic mass is 9.88. The maximum Gasteiger partial charge on any atom is 0.250 e. The van der Waals surface area contributed by atoms with Gasteiger partial charge in [-0.25, -0.2) is 12.7 Å². The number of amides is 1. The Labute approximate surface area is 175 Å². The van der Waals surface area contributed by atoms with E-state index in [0.29, 0.717) is 37.0 Å². The number of hydrogen-bond donors (Lipinski definition) is 3. The van der Waals surface area contributed by atoms with Crippen molar-refractivity contribution in [2.45, 2.75) is 18.8 Å². The van der Waals surface area contributed by atoms with Crippen LogP contribution in [0.3, 0.4) is 0 Å². The summed E-state index contributed by atoms with van der Waals surface area (Å²) < 4.78 is 25.9. The first-order chi connectivity index (χ1) is 14.4. The Bertz CT molecular complexity index is 1160. The van der Waals surface area contributed by atoms with Crippen LogP contribution < -0.4 is 5.73 Å². The van der Waals surface area contributed by atoms with Gasteiger partial charge in [0.05, 0.1) is 23.4 Å². The van der Waals surface area contributed by atoms with Gasteiger partial charge in [0.1, 0.15) is 0 Å². The van der Waals surface area contributed by atoms with Crippen molar-refractivity contribution in [1.29, 1.82) is 0 Å². The average molecular weight is 428 g/mol. The molecule has 2 aromatic carbocycles. The van der Waals surface area contributed by atoms with Crippen LogP contribution in [0.5, 0.6) is 0 Å². The largest absolute Gasteiger partial charge is 0.395 e. The third-order valence-electron chi connectivity index (χ3n) is 5.83. The van der Waals surface area contributed by atoms with Crippen LogP contribution in [-0.2, 0) is 10.0 Å². The predicted octanol–water partition coefficient (Wildman–Crippen LogP) is 2.44. The second kappa shape index (κ2) is 8.22. The topological polar surface area (TPSA) is 116 Å². The summed E-state index contributed by atoms with van der Waals surface area (Å²) in [5.41, 5.74) is 9.81. The van der Waals surface area contributed by atoms with Gasteiger partial charge in [0.2, 0.25) is 10.0 Å². The summed E-state index contributed by atoms with van der Waals surface area (Å²) in [6.45, 7) is 0.463. The molecule has 7 nitrogen and oxygen atoms in total. The van der Waals surface area contributed by atoms with E-state index in [1.807, 2.05) is 42.6 Å². The van der Waals surface area contributed by atoms with Crippen LogP contribution in [0.2, 0.25) is 0 Å². The highest BCUT2D eigenvalue weighted by Crippen LogP contribution is 2.37. The number of H-pyrrole nitrogens is 1. The molecule has 1 aliphatic rings. The molecule has 0 atom stereocenters. The number of aromatic nitrogens is 1. The average Bonchev–Trinajstić information content (AvgIpc) is 3.17. The monoisotopic (exact) mass is 427 g/mol. The standard InChI is InChI=1S/C22H25N3O4S/c23-22(27)19-13-17(15-4-2-1-3-5-15)12-18-20(14-24-21(18)19)16-6-8-25(9-7-16)30(28,29)11-10-26/h1-5,12-14,16,24,26H,6-11H2,(H2,23,27). The number of nitrogens with two attached hydrogens (primary N) is 1. The zero-order chi connectivity index (χ0) is 21.3. The number of hydrogen-bond acceptors (Lipinski definition) is 4. The highest BCUT2D eigenvalue weighted by molar-refractivity contribution is 7.89. The number of piperidine rings is 1. The lowest BCUT2D eigenvalue weighted by Crippen LogP contribution is -2.39. The van der Waals surface area contributed by atoms with Gasteiger partial charge in [-0.1, -0.05) is 30.3 Å². The first-order valence-electron chi connectivity index (χ1n) is 9.99. The number of aromatic amines is 1. The fraction of sp³-hybridized carbons (Fsp3) is 0.318. The normalized spacial score (nSPS) is 16.2. The molecular formula is C22H25N3O4S.